The van der Waals surface area contributed by atoms with Crippen LogP contribution in [0.25, 0.3) is 0 Å². The van der Waals surface area contributed by atoms with Crippen LogP contribution >= 0.6 is 0 Å². The molecule has 1 unspecified atom stereocenters. The number of aliphatic hydroxyl groups is 1. The molecule has 0 radical (unpaired) electrons. The molecule has 1 atom stereocenters. The second kappa shape index (κ2) is 11.6. The SMILES string of the molecule is COCCOCCOCCOCC(O)CNC1CC1. The summed E-state index contributed by atoms with van der Waals surface area (Å²) in [6.45, 7) is 4.31. The molecule has 6 nitrogen and oxygen atoms in total. The van der Waals surface area contributed by atoms with Crippen molar-refractivity contribution >= 4 is 0 Å². The third-order valence-electron chi connectivity index (χ3n) is 2.71. The Labute approximate surface area is 115 Å². The van der Waals surface area contributed by atoms with Crippen molar-refractivity contribution in [1.82, 2.24) is 5.32 Å². The van der Waals surface area contributed by atoms with E-state index < -0.39 is 6.10 Å². The number of nitrogens with one attached hydrogen (secondary N) is 1. The van der Waals surface area contributed by atoms with E-state index in [0.29, 0.717) is 58.8 Å². The summed E-state index contributed by atoms with van der Waals surface area (Å²) in [5.41, 5.74) is 0. The second-order valence-corrected chi connectivity index (χ2v) is 4.63. The molecule has 0 bridgehead atoms. The van der Waals surface area contributed by atoms with Crippen molar-refractivity contribution in [2.45, 2.75) is 25.0 Å². The summed E-state index contributed by atoms with van der Waals surface area (Å²) in [6.07, 6.45) is 2.03. The summed E-state index contributed by atoms with van der Waals surface area (Å²) in [6, 6.07) is 0.621. The van der Waals surface area contributed by atoms with E-state index in [-0.39, 0.29) is 0 Å². The Morgan fingerprint density at radius 2 is 1.58 bits per heavy atom. The lowest BCUT2D eigenvalue weighted by Gasteiger charge is -2.12. The number of rotatable bonds is 14. The lowest BCUT2D eigenvalue weighted by Crippen LogP contribution is -2.32. The average Bonchev–Trinajstić information content (AvgIpc) is 3.23. The molecule has 1 rings (SSSR count). The van der Waals surface area contributed by atoms with Crippen LogP contribution in [0.4, 0.5) is 0 Å². The Morgan fingerprint density at radius 3 is 2.16 bits per heavy atom. The zero-order chi connectivity index (χ0) is 13.8. The second-order valence-electron chi connectivity index (χ2n) is 4.63. The van der Waals surface area contributed by atoms with Crippen LogP contribution in [0, 0.1) is 0 Å². The summed E-state index contributed by atoms with van der Waals surface area (Å²) in [4.78, 5) is 0. The molecule has 0 heterocycles. The van der Waals surface area contributed by atoms with Crippen molar-refractivity contribution in [3.05, 3.63) is 0 Å². The minimum absolute atomic E-state index is 0.355. The predicted octanol–water partition coefficient (Wildman–Crippen LogP) is -0.204. The molecule has 0 saturated heterocycles. The van der Waals surface area contributed by atoms with Gasteiger partial charge in [-0.15, -0.1) is 0 Å². The molecule has 19 heavy (non-hydrogen) atoms. The van der Waals surface area contributed by atoms with Gasteiger partial charge in [0.1, 0.15) is 0 Å². The molecule has 1 saturated carbocycles. The van der Waals surface area contributed by atoms with Crippen molar-refractivity contribution in [3.63, 3.8) is 0 Å². The first-order chi connectivity index (χ1) is 9.33. The van der Waals surface area contributed by atoms with E-state index in [0.717, 1.165) is 0 Å². The fourth-order valence-corrected chi connectivity index (χ4v) is 1.45. The summed E-state index contributed by atoms with van der Waals surface area (Å²) in [5.74, 6) is 0. The molecule has 1 fully saturated rings. The molecule has 0 aromatic rings. The number of hydrogen-bond acceptors (Lipinski definition) is 6. The molecule has 114 valence electrons. The van der Waals surface area contributed by atoms with Crippen LogP contribution < -0.4 is 5.32 Å². The Balaban J connectivity index is 1.70. The van der Waals surface area contributed by atoms with E-state index in [9.17, 15) is 5.11 Å². The van der Waals surface area contributed by atoms with Gasteiger partial charge in [0, 0.05) is 19.7 Å². The maximum Gasteiger partial charge on any atom is 0.0897 e. The minimum atomic E-state index is -0.432. The molecule has 0 aromatic heterocycles. The fourth-order valence-electron chi connectivity index (χ4n) is 1.45. The number of ether oxygens (including phenoxy) is 4. The van der Waals surface area contributed by atoms with E-state index in [1.807, 2.05) is 0 Å². The van der Waals surface area contributed by atoms with Gasteiger partial charge in [0.05, 0.1) is 52.4 Å². The van der Waals surface area contributed by atoms with Crippen LogP contribution in [0.3, 0.4) is 0 Å². The Kier molecular flexibility index (Phi) is 10.2. The molecule has 1 aliphatic rings. The molecule has 1 aliphatic carbocycles. The van der Waals surface area contributed by atoms with Crippen LogP contribution in [0.2, 0.25) is 0 Å². The highest BCUT2D eigenvalue weighted by Crippen LogP contribution is 2.18. The monoisotopic (exact) mass is 277 g/mol. The number of methoxy groups -OCH3 is 1. The number of aliphatic hydroxyl groups excluding tert-OH is 1. The minimum Gasteiger partial charge on any atom is -0.389 e. The lowest BCUT2D eigenvalue weighted by atomic mass is 10.4. The van der Waals surface area contributed by atoms with E-state index in [1.165, 1.54) is 12.8 Å². The van der Waals surface area contributed by atoms with E-state index in [2.05, 4.69) is 5.32 Å². The highest BCUT2D eigenvalue weighted by atomic mass is 16.6. The van der Waals surface area contributed by atoms with Gasteiger partial charge < -0.3 is 29.4 Å². The molecular formula is C13H27NO5. The van der Waals surface area contributed by atoms with Crippen molar-refractivity contribution in [1.29, 1.82) is 0 Å². The number of hydrogen-bond donors (Lipinski definition) is 2. The highest BCUT2D eigenvalue weighted by molar-refractivity contribution is 4.81. The van der Waals surface area contributed by atoms with Gasteiger partial charge in [0.15, 0.2) is 0 Å². The standard InChI is InChI=1S/C13H27NO5/c1-16-4-5-17-6-7-18-8-9-19-11-13(15)10-14-12-2-3-12/h12-15H,2-11H2,1H3. The van der Waals surface area contributed by atoms with Crippen molar-refractivity contribution in [2.75, 3.05) is 59.9 Å². The summed E-state index contributed by atoms with van der Waals surface area (Å²) >= 11 is 0. The fraction of sp³-hybridized carbons (Fsp3) is 1.00. The molecule has 2 N–H and O–H groups in total. The van der Waals surface area contributed by atoms with Gasteiger partial charge in [0.2, 0.25) is 0 Å². The first kappa shape index (κ1) is 16.8. The first-order valence-electron chi connectivity index (χ1n) is 6.96. The topological polar surface area (TPSA) is 69.2 Å². The van der Waals surface area contributed by atoms with Gasteiger partial charge in [-0.2, -0.15) is 0 Å². The van der Waals surface area contributed by atoms with Gasteiger partial charge in [-0.1, -0.05) is 0 Å². The smallest absolute Gasteiger partial charge is 0.0897 e. The van der Waals surface area contributed by atoms with Crippen LogP contribution in [-0.4, -0.2) is 77.2 Å². The Bertz CT molecular complexity index is 201. The van der Waals surface area contributed by atoms with Crippen molar-refractivity contribution in [3.8, 4) is 0 Å². The molecule has 0 aromatic carbocycles. The van der Waals surface area contributed by atoms with Crippen LogP contribution in [-0.2, 0) is 18.9 Å². The zero-order valence-electron chi connectivity index (χ0n) is 11.8. The predicted molar refractivity (Wildman–Crippen MR) is 71.4 cm³/mol. The Hall–Kier alpha value is -0.240. The van der Waals surface area contributed by atoms with Gasteiger partial charge in [-0.3, -0.25) is 0 Å². The van der Waals surface area contributed by atoms with E-state index in [1.54, 1.807) is 7.11 Å². The molecular weight excluding hydrogens is 250 g/mol. The van der Waals surface area contributed by atoms with Gasteiger partial charge in [-0.05, 0) is 12.8 Å². The van der Waals surface area contributed by atoms with Gasteiger partial charge in [0.25, 0.3) is 0 Å². The van der Waals surface area contributed by atoms with Crippen LogP contribution in [0.15, 0.2) is 0 Å². The van der Waals surface area contributed by atoms with Gasteiger partial charge in [-0.25, -0.2) is 0 Å². The van der Waals surface area contributed by atoms with Crippen LogP contribution in [0.1, 0.15) is 12.8 Å². The normalized spacial score (nSPS) is 16.7. The summed E-state index contributed by atoms with van der Waals surface area (Å²) < 4.78 is 20.7. The molecule has 0 aliphatic heterocycles. The van der Waals surface area contributed by atoms with Gasteiger partial charge >= 0.3 is 0 Å². The maximum absolute atomic E-state index is 9.59. The Morgan fingerprint density at radius 1 is 1.00 bits per heavy atom. The molecule has 6 heteroatoms. The summed E-state index contributed by atoms with van der Waals surface area (Å²) in [5, 5.41) is 12.8. The highest BCUT2D eigenvalue weighted by Gasteiger charge is 2.21. The van der Waals surface area contributed by atoms with Crippen LogP contribution in [0.5, 0.6) is 0 Å². The zero-order valence-corrected chi connectivity index (χ0v) is 11.8. The molecule has 0 amide bonds. The largest absolute Gasteiger partial charge is 0.389 e. The van der Waals surface area contributed by atoms with Crippen molar-refractivity contribution < 1.29 is 24.1 Å². The summed E-state index contributed by atoms with van der Waals surface area (Å²) in [7, 11) is 1.64. The quantitative estimate of drug-likeness (QED) is 0.428. The lowest BCUT2D eigenvalue weighted by molar-refractivity contribution is -0.0140. The molecule has 0 spiro atoms. The first-order valence-corrected chi connectivity index (χ1v) is 6.96. The maximum atomic E-state index is 9.59. The van der Waals surface area contributed by atoms with E-state index in [4.69, 9.17) is 18.9 Å². The third kappa shape index (κ3) is 11.3. The third-order valence-corrected chi connectivity index (χ3v) is 2.71. The van der Waals surface area contributed by atoms with E-state index >= 15 is 0 Å². The average molecular weight is 277 g/mol. The van der Waals surface area contributed by atoms with Crippen molar-refractivity contribution in [2.24, 2.45) is 0 Å².